The van der Waals surface area contributed by atoms with E-state index in [2.05, 4.69) is 195 Å². The SMILES string of the molecule is CC(C)(C)c1ccc(N2B3c4cc5c(cc4-n4c6cc7c(cc6c6c8c(sc9ccccc98)c(c3c64)-c3cc4c(cc32)C(C)(C)CCC4(C)C)C(C)(C)CCC7(C)C)oc2ccccc25)cc1. The molecule has 7 aromatic carbocycles. The third kappa shape index (κ3) is 5.20. The van der Waals surface area contributed by atoms with Crippen molar-refractivity contribution in [2.45, 2.75) is 129 Å². The molecule has 0 saturated heterocycles. The Hall–Kier alpha value is -5.78. The minimum Gasteiger partial charge on any atom is -0.456 e. The Morgan fingerprint density at radius 2 is 1.18 bits per heavy atom. The van der Waals surface area contributed by atoms with Crippen LogP contribution in [-0.2, 0) is 27.1 Å². The first-order valence-electron chi connectivity index (χ1n) is 24.9. The van der Waals surface area contributed by atoms with Crippen molar-refractivity contribution in [3.63, 3.8) is 0 Å². The zero-order chi connectivity index (χ0) is 46.1. The Morgan fingerprint density at radius 3 is 1.87 bits per heavy atom. The van der Waals surface area contributed by atoms with E-state index in [4.69, 9.17) is 4.42 Å². The Bertz CT molecular complexity index is 3860. The average Bonchev–Trinajstić information content (AvgIpc) is 3.97. The fourth-order valence-electron chi connectivity index (χ4n) is 13.5. The van der Waals surface area contributed by atoms with Gasteiger partial charge >= 0.3 is 6.85 Å². The standard InChI is InChI=1S/C62H59BN2OS/c1-58(2,3)34-20-22-35(23-21-34)65-47-32-44-42(60(6,7)25-27-62(44,10)11)29-40(47)54-55-56-52(53-37-17-13-15-19-51(37)67-57(53)54)39-28-41-43(61(8,9)26-24-59(41,4)5)31-46(39)64(56)48-33-50-38(30-45(48)63(55)65)36-16-12-14-18-49(36)66-50/h12-23,28-33H,24-27H2,1-11H3. The molecule has 3 nitrogen and oxygen atoms in total. The third-order valence-electron chi connectivity index (χ3n) is 17.6. The molecule has 0 radical (unpaired) electrons. The Kier molecular flexibility index (Phi) is 7.61. The van der Waals surface area contributed by atoms with Gasteiger partial charge in [-0.15, -0.1) is 11.3 Å². The number of furan rings is 1. The van der Waals surface area contributed by atoms with Crippen LogP contribution in [0.1, 0.15) is 130 Å². The molecule has 0 atom stereocenters. The molecule has 10 aromatic rings. The van der Waals surface area contributed by atoms with Crippen LogP contribution in [0.5, 0.6) is 0 Å². The highest BCUT2D eigenvalue weighted by Gasteiger charge is 2.49. The molecule has 0 spiro atoms. The van der Waals surface area contributed by atoms with Gasteiger partial charge in [0.25, 0.3) is 0 Å². The molecule has 0 saturated carbocycles. The van der Waals surface area contributed by atoms with Crippen molar-refractivity contribution < 1.29 is 4.42 Å². The number of benzene rings is 7. The Morgan fingerprint density at radius 1 is 0.567 bits per heavy atom. The smallest absolute Gasteiger partial charge is 0.333 e. The number of thiophene rings is 1. The van der Waals surface area contributed by atoms with Gasteiger partial charge < -0.3 is 13.8 Å². The molecule has 332 valence electrons. The van der Waals surface area contributed by atoms with Crippen molar-refractivity contribution in [1.82, 2.24) is 4.57 Å². The summed E-state index contributed by atoms with van der Waals surface area (Å²) in [4.78, 5) is 2.77. The van der Waals surface area contributed by atoms with Gasteiger partial charge in [-0.25, -0.2) is 0 Å². The van der Waals surface area contributed by atoms with E-state index in [1.54, 1.807) is 0 Å². The normalized spacial score (nSPS) is 18.6. The van der Waals surface area contributed by atoms with Crippen molar-refractivity contribution in [1.29, 1.82) is 0 Å². The lowest BCUT2D eigenvalue weighted by atomic mass is 9.43. The van der Waals surface area contributed by atoms with Gasteiger partial charge in [-0.2, -0.15) is 0 Å². The lowest BCUT2D eigenvalue weighted by Crippen LogP contribution is -2.60. The van der Waals surface area contributed by atoms with Crippen molar-refractivity contribution in [3.8, 4) is 16.8 Å². The lowest BCUT2D eigenvalue weighted by Gasteiger charge is -2.46. The molecule has 3 aromatic heterocycles. The van der Waals surface area contributed by atoms with Gasteiger partial charge in [0.05, 0.1) is 11.0 Å². The summed E-state index contributed by atoms with van der Waals surface area (Å²) in [6, 6.07) is 43.1. The number of para-hydroxylation sites is 1. The third-order valence-corrected chi connectivity index (χ3v) is 18.8. The molecular weight excluding hydrogens is 832 g/mol. The van der Waals surface area contributed by atoms with Crippen LogP contribution in [0.25, 0.3) is 80.7 Å². The summed E-state index contributed by atoms with van der Waals surface area (Å²) in [7, 11) is 0. The summed E-state index contributed by atoms with van der Waals surface area (Å²) in [5, 5.41) is 7.88. The topological polar surface area (TPSA) is 21.3 Å². The van der Waals surface area contributed by atoms with Gasteiger partial charge in [-0.3, -0.25) is 0 Å². The van der Waals surface area contributed by atoms with Gasteiger partial charge in [0.1, 0.15) is 11.2 Å². The van der Waals surface area contributed by atoms with Crippen molar-refractivity contribution in [2.75, 3.05) is 4.81 Å². The second-order valence-corrected chi connectivity index (χ2v) is 25.6. The van der Waals surface area contributed by atoms with E-state index in [-0.39, 0.29) is 33.9 Å². The highest BCUT2D eigenvalue weighted by molar-refractivity contribution is 7.27. The summed E-state index contributed by atoms with van der Waals surface area (Å²) in [5.74, 6) is 0. The molecular formula is C62H59BN2OS. The van der Waals surface area contributed by atoms with Gasteiger partial charge in [-0.1, -0.05) is 131 Å². The van der Waals surface area contributed by atoms with Gasteiger partial charge in [0.2, 0.25) is 0 Å². The largest absolute Gasteiger partial charge is 0.456 e. The maximum absolute atomic E-state index is 6.86. The number of fused-ring (bicyclic) bond motifs is 18. The van der Waals surface area contributed by atoms with E-state index < -0.39 is 0 Å². The van der Waals surface area contributed by atoms with Crippen molar-refractivity contribution >= 4 is 104 Å². The number of aromatic nitrogens is 1. The summed E-state index contributed by atoms with van der Waals surface area (Å²) < 4.78 is 12.3. The van der Waals surface area contributed by atoms with Crippen LogP contribution in [0.15, 0.2) is 114 Å². The van der Waals surface area contributed by atoms with Crippen LogP contribution in [0.3, 0.4) is 0 Å². The first-order valence-corrected chi connectivity index (χ1v) is 25.7. The second-order valence-electron chi connectivity index (χ2n) is 24.6. The maximum Gasteiger partial charge on any atom is 0.333 e. The van der Waals surface area contributed by atoms with Crippen LogP contribution in [-0.4, -0.2) is 11.4 Å². The highest BCUT2D eigenvalue weighted by Crippen LogP contribution is 2.57. The zero-order valence-electron chi connectivity index (χ0n) is 41.0. The molecule has 67 heavy (non-hydrogen) atoms. The summed E-state index contributed by atoms with van der Waals surface area (Å²) in [5.41, 5.74) is 21.4. The predicted molar refractivity (Wildman–Crippen MR) is 289 cm³/mol. The van der Waals surface area contributed by atoms with E-state index in [1.807, 2.05) is 11.3 Å². The second kappa shape index (κ2) is 12.7. The molecule has 4 aliphatic rings. The molecule has 0 fully saturated rings. The summed E-state index contributed by atoms with van der Waals surface area (Å²) >= 11 is 2.01. The van der Waals surface area contributed by atoms with Crippen molar-refractivity contribution in [2.24, 2.45) is 0 Å². The fraction of sp³-hybridized carbons (Fsp3) is 0.323. The van der Waals surface area contributed by atoms with Crippen molar-refractivity contribution in [3.05, 3.63) is 137 Å². The molecule has 0 N–H and O–H groups in total. The molecule has 0 amide bonds. The van der Waals surface area contributed by atoms with Crippen LogP contribution >= 0.6 is 11.3 Å². The van der Waals surface area contributed by atoms with E-state index in [0.717, 1.165) is 11.2 Å². The molecule has 5 heterocycles. The first kappa shape index (κ1) is 40.3. The molecule has 0 bridgehead atoms. The lowest BCUT2D eigenvalue weighted by molar-refractivity contribution is 0.332. The van der Waals surface area contributed by atoms with E-state index in [1.165, 1.54) is 145 Å². The van der Waals surface area contributed by atoms with Gasteiger partial charge in [0, 0.05) is 76.0 Å². The maximum atomic E-state index is 6.86. The van der Waals surface area contributed by atoms with E-state index >= 15 is 0 Å². The predicted octanol–water partition coefficient (Wildman–Crippen LogP) is 16.3. The molecule has 2 aliphatic heterocycles. The summed E-state index contributed by atoms with van der Waals surface area (Å²) in [6.07, 6.45) is 4.68. The number of hydrogen-bond donors (Lipinski definition) is 0. The minimum absolute atomic E-state index is 0.0349. The first-order chi connectivity index (χ1) is 31.8. The van der Waals surface area contributed by atoms with E-state index in [9.17, 15) is 0 Å². The summed E-state index contributed by atoms with van der Waals surface area (Å²) in [6.45, 7) is 26.7. The Balaban J connectivity index is 1.25. The Labute approximate surface area is 398 Å². The quantitative estimate of drug-likeness (QED) is 0.153. The molecule has 2 aliphatic carbocycles. The molecule has 14 rings (SSSR count). The van der Waals surface area contributed by atoms with Gasteiger partial charge in [0.15, 0.2) is 0 Å². The van der Waals surface area contributed by atoms with E-state index in [0.29, 0.717) is 0 Å². The zero-order valence-corrected chi connectivity index (χ0v) is 41.8. The monoisotopic (exact) mass is 890 g/mol. The van der Waals surface area contributed by atoms with Crippen LogP contribution in [0.2, 0.25) is 0 Å². The number of anilines is 2. The molecule has 0 unspecified atom stereocenters. The number of nitrogens with zero attached hydrogens (tertiary/aromatic N) is 2. The minimum atomic E-state index is -0.106. The van der Waals surface area contributed by atoms with Gasteiger partial charge in [-0.05, 0) is 140 Å². The average molecular weight is 891 g/mol. The van der Waals surface area contributed by atoms with Crippen LogP contribution in [0, 0.1) is 0 Å². The highest BCUT2D eigenvalue weighted by atomic mass is 32.1. The number of hydrogen-bond acceptors (Lipinski definition) is 3. The molecule has 5 heteroatoms. The number of rotatable bonds is 1. The van der Waals surface area contributed by atoms with Crippen LogP contribution in [0.4, 0.5) is 11.4 Å². The fourth-order valence-corrected chi connectivity index (χ4v) is 14.8. The van der Waals surface area contributed by atoms with Crippen LogP contribution < -0.4 is 15.7 Å².